The third kappa shape index (κ3) is 1.75. The van der Waals surface area contributed by atoms with Crippen LogP contribution in [0.1, 0.15) is 27.0 Å². The van der Waals surface area contributed by atoms with Crippen LogP contribution in [0.2, 0.25) is 0 Å². The predicted octanol–water partition coefficient (Wildman–Crippen LogP) is 2.78. The van der Waals surface area contributed by atoms with Gasteiger partial charge < -0.3 is 5.32 Å². The highest BCUT2D eigenvalue weighted by Gasteiger charge is 2.22. The number of carbonyl (C=O) groups excluding carboxylic acids is 2. The number of aryl methyl sites for hydroxylation is 1. The van der Waals surface area contributed by atoms with Gasteiger partial charge in [0.1, 0.15) is 0 Å². The summed E-state index contributed by atoms with van der Waals surface area (Å²) in [7, 11) is 0. The van der Waals surface area contributed by atoms with Crippen LogP contribution in [0.25, 0.3) is 0 Å². The van der Waals surface area contributed by atoms with Crippen molar-refractivity contribution in [3.8, 4) is 0 Å². The average molecular weight is 257 g/mol. The lowest BCUT2D eigenvalue weighted by Crippen LogP contribution is -2.04. The first-order chi connectivity index (χ1) is 8.65. The van der Waals surface area contributed by atoms with Crippen LogP contribution in [0.15, 0.2) is 29.0 Å². The molecule has 0 atom stereocenters. The number of rotatable bonds is 2. The maximum Gasteiger partial charge on any atom is 0.228 e. The fourth-order valence-electron chi connectivity index (χ4n) is 2.21. The van der Waals surface area contributed by atoms with Crippen molar-refractivity contribution in [2.45, 2.75) is 13.3 Å². The van der Waals surface area contributed by atoms with Gasteiger partial charge in [-0.3, -0.25) is 9.59 Å². The largest absolute Gasteiger partial charge is 0.325 e. The molecule has 2 aromatic rings. The van der Waals surface area contributed by atoms with Crippen molar-refractivity contribution in [1.82, 2.24) is 0 Å². The number of ketones is 1. The summed E-state index contributed by atoms with van der Waals surface area (Å²) in [6, 6.07) is 5.44. The number of thiophene rings is 1. The van der Waals surface area contributed by atoms with Crippen LogP contribution in [-0.4, -0.2) is 11.7 Å². The van der Waals surface area contributed by atoms with E-state index in [4.69, 9.17) is 0 Å². The molecule has 1 aliphatic rings. The number of fused-ring (bicyclic) bond motifs is 1. The Morgan fingerprint density at radius 1 is 1.33 bits per heavy atom. The average Bonchev–Trinajstić information content (AvgIpc) is 2.96. The topological polar surface area (TPSA) is 46.2 Å². The summed E-state index contributed by atoms with van der Waals surface area (Å²) in [6.45, 7) is 1.93. The van der Waals surface area contributed by atoms with Crippen LogP contribution in [0, 0.1) is 6.92 Å². The molecule has 1 aromatic heterocycles. The van der Waals surface area contributed by atoms with Gasteiger partial charge >= 0.3 is 0 Å². The molecule has 0 radical (unpaired) electrons. The van der Waals surface area contributed by atoms with Crippen LogP contribution in [0.4, 0.5) is 5.69 Å². The highest BCUT2D eigenvalue weighted by molar-refractivity contribution is 7.08. The van der Waals surface area contributed by atoms with Gasteiger partial charge in [-0.2, -0.15) is 11.3 Å². The summed E-state index contributed by atoms with van der Waals surface area (Å²) in [5, 5.41) is 6.51. The molecular weight excluding hydrogens is 246 g/mol. The van der Waals surface area contributed by atoms with Gasteiger partial charge in [0.25, 0.3) is 0 Å². The number of nitrogens with one attached hydrogen (secondary N) is 1. The first-order valence-corrected chi connectivity index (χ1v) is 6.59. The van der Waals surface area contributed by atoms with Crippen molar-refractivity contribution in [3.63, 3.8) is 0 Å². The molecule has 18 heavy (non-hydrogen) atoms. The van der Waals surface area contributed by atoms with E-state index in [1.54, 1.807) is 6.07 Å². The summed E-state index contributed by atoms with van der Waals surface area (Å²) in [4.78, 5) is 23.6. The van der Waals surface area contributed by atoms with Crippen LogP contribution in [0.3, 0.4) is 0 Å². The minimum atomic E-state index is -0.00627. The highest BCUT2D eigenvalue weighted by atomic mass is 32.1. The minimum absolute atomic E-state index is 0.00305. The first kappa shape index (κ1) is 11.2. The van der Waals surface area contributed by atoms with Gasteiger partial charge in [0.05, 0.1) is 6.42 Å². The number of anilines is 1. The second-order valence-corrected chi connectivity index (χ2v) is 5.17. The zero-order valence-electron chi connectivity index (χ0n) is 9.82. The number of carbonyl (C=O) groups is 2. The Morgan fingerprint density at radius 3 is 2.89 bits per heavy atom. The van der Waals surface area contributed by atoms with E-state index in [1.807, 2.05) is 29.8 Å². The van der Waals surface area contributed by atoms with Gasteiger partial charge in [-0.05, 0) is 41.6 Å². The molecular formula is C14H11NO2S. The molecule has 1 aromatic carbocycles. The van der Waals surface area contributed by atoms with Crippen molar-refractivity contribution in [2.75, 3.05) is 5.32 Å². The minimum Gasteiger partial charge on any atom is -0.325 e. The molecule has 0 aliphatic carbocycles. The number of benzene rings is 1. The van der Waals surface area contributed by atoms with Crippen molar-refractivity contribution in [2.24, 2.45) is 0 Å². The Morgan fingerprint density at radius 2 is 2.17 bits per heavy atom. The first-order valence-electron chi connectivity index (χ1n) is 5.65. The van der Waals surface area contributed by atoms with E-state index in [9.17, 15) is 9.59 Å². The van der Waals surface area contributed by atoms with E-state index < -0.39 is 0 Å². The number of hydrogen-bond donors (Lipinski definition) is 1. The molecule has 0 saturated heterocycles. The van der Waals surface area contributed by atoms with E-state index in [0.717, 1.165) is 16.8 Å². The van der Waals surface area contributed by atoms with Gasteiger partial charge in [0.2, 0.25) is 5.91 Å². The lowest BCUT2D eigenvalue weighted by molar-refractivity contribution is -0.115. The molecule has 0 fully saturated rings. The van der Waals surface area contributed by atoms with Gasteiger partial charge in [-0.25, -0.2) is 0 Å². The third-order valence-corrected chi connectivity index (χ3v) is 3.81. The molecule has 1 amide bonds. The molecule has 0 bridgehead atoms. The summed E-state index contributed by atoms with van der Waals surface area (Å²) < 4.78 is 0. The van der Waals surface area contributed by atoms with E-state index >= 15 is 0 Å². The Hall–Kier alpha value is -1.94. The molecule has 3 nitrogen and oxygen atoms in total. The standard InChI is InChI=1S/C14H11NO2S/c1-8-4-10(14(17)9-2-3-18-7-9)5-12-11(8)6-13(16)15-12/h2-5,7H,6H2,1H3,(H,15,16). The van der Waals surface area contributed by atoms with Gasteiger partial charge in [-0.15, -0.1) is 0 Å². The van der Waals surface area contributed by atoms with E-state index in [0.29, 0.717) is 17.5 Å². The predicted molar refractivity (Wildman–Crippen MR) is 71.3 cm³/mol. The SMILES string of the molecule is Cc1cc(C(=O)c2ccsc2)cc2c1CC(=O)N2. The summed E-state index contributed by atoms with van der Waals surface area (Å²) in [6.07, 6.45) is 0.411. The Kier molecular flexibility index (Phi) is 2.52. The molecule has 2 heterocycles. The Balaban J connectivity index is 2.05. The third-order valence-electron chi connectivity index (χ3n) is 3.13. The van der Waals surface area contributed by atoms with Crippen molar-refractivity contribution in [1.29, 1.82) is 0 Å². The maximum absolute atomic E-state index is 12.2. The Labute approximate surface area is 108 Å². The van der Waals surface area contributed by atoms with Gasteiger partial charge in [0.15, 0.2) is 5.78 Å². The lowest BCUT2D eigenvalue weighted by Gasteiger charge is -2.06. The molecule has 0 saturated carbocycles. The van der Waals surface area contributed by atoms with Crippen molar-refractivity contribution in [3.05, 3.63) is 51.2 Å². The summed E-state index contributed by atoms with van der Waals surface area (Å²) in [5.41, 5.74) is 4.10. The monoisotopic (exact) mass is 257 g/mol. The van der Waals surface area contributed by atoms with Crippen LogP contribution in [-0.2, 0) is 11.2 Å². The molecule has 1 aliphatic heterocycles. The summed E-state index contributed by atoms with van der Waals surface area (Å²) >= 11 is 1.50. The zero-order chi connectivity index (χ0) is 12.7. The fraction of sp³-hybridized carbons (Fsp3) is 0.143. The van der Waals surface area contributed by atoms with Gasteiger partial charge in [-0.1, -0.05) is 0 Å². The molecule has 0 spiro atoms. The lowest BCUT2D eigenvalue weighted by atomic mass is 9.98. The second kappa shape index (κ2) is 4.07. The highest BCUT2D eigenvalue weighted by Crippen LogP contribution is 2.28. The zero-order valence-corrected chi connectivity index (χ0v) is 10.6. The van der Waals surface area contributed by atoms with Crippen LogP contribution < -0.4 is 5.32 Å². The van der Waals surface area contributed by atoms with Crippen molar-refractivity contribution < 1.29 is 9.59 Å². The quantitative estimate of drug-likeness (QED) is 0.841. The normalized spacial score (nSPS) is 13.3. The molecule has 4 heteroatoms. The molecule has 0 unspecified atom stereocenters. The smallest absolute Gasteiger partial charge is 0.228 e. The van der Waals surface area contributed by atoms with Gasteiger partial charge in [0, 0.05) is 22.2 Å². The van der Waals surface area contributed by atoms with E-state index in [1.165, 1.54) is 11.3 Å². The summed E-state index contributed by atoms with van der Waals surface area (Å²) in [5.74, 6) is -0.00321. The van der Waals surface area contributed by atoms with Crippen LogP contribution >= 0.6 is 11.3 Å². The molecule has 1 N–H and O–H groups in total. The van der Waals surface area contributed by atoms with E-state index in [-0.39, 0.29) is 11.7 Å². The second-order valence-electron chi connectivity index (χ2n) is 4.39. The van der Waals surface area contributed by atoms with E-state index in [2.05, 4.69) is 5.32 Å². The van der Waals surface area contributed by atoms with Crippen LogP contribution in [0.5, 0.6) is 0 Å². The fourth-order valence-corrected chi connectivity index (χ4v) is 2.85. The number of hydrogen-bond acceptors (Lipinski definition) is 3. The Bertz CT molecular complexity index is 644. The van der Waals surface area contributed by atoms with Crippen molar-refractivity contribution >= 4 is 28.7 Å². The number of amides is 1. The molecule has 90 valence electrons. The molecule has 3 rings (SSSR count). The maximum atomic E-state index is 12.2.